The second-order valence-corrected chi connectivity index (χ2v) is 6.28. The molecule has 3 heterocycles. The zero-order valence-electron chi connectivity index (χ0n) is 13.7. The zero-order chi connectivity index (χ0) is 17.4. The maximum Gasteiger partial charge on any atom is 0.141 e. The molecule has 3 aromatic heterocycles. The molecule has 0 unspecified atom stereocenters. The molecular weight excluding hydrogens is 339 g/mol. The van der Waals surface area contributed by atoms with Gasteiger partial charge >= 0.3 is 0 Å². The van der Waals surface area contributed by atoms with E-state index in [1.807, 2.05) is 35.3 Å². The van der Waals surface area contributed by atoms with Crippen LogP contribution in [0.1, 0.15) is 13.3 Å². The van der Waals surface area contributed by atoms with Crippen molar-refractivity contribution in [1.29, 1.82) is 0 Å². The van der Waals surface area contributed by atoms with Crippen molar-refractivity contribution in [3.8, 4) is 22.5 Å². The molecule has 4 rings (SSSR count). The van der Waals surface area contributed by atoms with Crippen LogP contribution in [0.25, 0.3) is 28.2 Å². The summed E-state index contributed by atoms with van der Waals surface area (Å²) in [4.78, 5) is 8.86. The molecule has 1 aromatic carbocycles. The molecule has 0 spiro atoms. The van der Waals surface area contributed by atoms with Crippen LogP contribution in [0.3, 0.4) is 0 Å². The first-order valence-corrected chi connectivity index (χ1v) is 8.49. The molecule has 25 heavy (non-hydrogen) atoms. The summed E-state index contributed by atoms with van der Waals surface area (Å²) in [7, 11) is 0. The van der Waals surface area contributed by atoms with Crippen molar-refractivity contribution in [1.82, 2.24) is 18.9 Å². The van der Waals surface area contributed by atoms with E-state index in [-0.39, 0.29) is 5.02 Å². The summed E-state index contributed by atoms with van der Waals surface area (Å²) >= 11 is 5.97. The monoisotopic (exact) mass is 354 g/mol. The largest absolute Gasteiger partial charge is 0.330 e. The van der Waals surface area contributed by atoms with Crippen molar-refractivity contribution < 1.29 is 4.39 Å². The van der Waals surface area contributed by atoms with Gasteiger partial charge in [0.05, 0.1) is 22.7 Å². The number of fused-ring (bicyclic) bond motifs is 1. The first-order valence-electron chi connectivity index (χ1n) is 8.11. The summed E-state index contributed by atoms with van der Waals surface area (Å²) in [5.74, 6) is -0.431. The maximum atomic E-state index is 13.5. The van der Waals surface area contributed by atoms with Crippen molar-refractivity contribution in [3.05, 3.63) is 66.1 Å². The number of rotatable bonds is 4. The Labute approximate surface area is 149 Å². The predicted molar refractivity (Wildman–Crippen MR) is 97.1 cm³/mol. The van der Waals surface area contributed by atoms with Gasteiger partial charge in [-0.3, -0.25) is 0 Å². The number of hydrogen-bond donors (Lipinski definition) is 0. The topological polar surface area (TPSA) is 35.1 Å². The van der Waals surface area contributed by atoms with Crippen molar-refractivity contribution >= 4 is 17.2 Å². The van der Waals surface area contributed by atoms with Crippen LogP contribution >= 0.6 is 11.6 Å². The van der Waals surface area contributed by atoms with E-state index in [4.69, 9.17) is 11.6 Å². The minimum Gasteiger partial charge on any atom is -0.330 e. The molecule has 4 nitrogen and oxygen atoms in total. The third-order valence-corrected chi connectivity index (χ3v) is 4.45. The molecule has 126 valence electrons. The quantitative estimate of drug-likeness (QED) is 0.513. The van der Waals surface area contributed by atoms with Gasteiger partial charge in [0.1, 0.15) is 11.5 Å². The lowest BCUT2D eigenvalue weighted by atomic mass is 10.1. The molecule has 0 aliphatic rings. The first-order chi connectivity index (χ1) is 12.2. The fourth-order valence-electron chi connectivity index (χ4n) is 3.01. The van der Waals surface area contributed by atoms with Crippen LogP contribution in [0.15, 0.2) is 55.2 Å². The predicted octanol–water partition coefficient (Wildman–Crippen LogP) is 5.07. The number of pyridine rings is 1. The normalized spacial score (nSPS) is 11.3. The number of hydrogen-bond acceptors (Lipinski definition) is 2. The van der Waals surface area contributed by atoms with Crippen molar-refractivity contribution in [2.24, 2.45) is 0 Å². The Morgan fingerprint density at radius 1 is 1.12 bits per heavy atom. The minimum atomic E-state index is -0.431. The lowest BCUT2D eigenvalue weighted by Crippen LogP contribution is -1.99. The average molecular weight is 355 g/mol. The van der Waals surface area contributed by atoms with E-state index < -0.39 is 5.82 Å². The van der Waals surface area contributed by atoms with Gasteiger partial charge in [-0.2, -0.15) is 0 Å². The lowest BCUT2D eigenvalue weighted by molar-refractivity contribution is 0.628. The van der Waals surface area contributed by atoms with E-state index in [1.54, 1.807) is 18.3 Å². The summed E-state index contributed by atoms with van der Waals surface area (Å²) in [6, 6.07) is 8.70. The molecule has 6 heteroatoms. The molecule has 0 N–H and O–H groups in total. The Balaban J connectivity index is 1.92. The Morgan fingerprint density at radius 2 is 1.96 bits per heavy atom. The second-order valence-electron chi connectivity index (χ2n) is 5.87. The summed E-state index contributed by atoms with van der Waals surface area (Å²) in [6.45, 7) is 2.97. The van der Waals surface area contributed by atoms with Gasteiger partial charge in [-0.15, -0.1) is 0 Å². The van der Waals surface area contributed by atoms with Gasteiger partial charge in [0.15, 0.2) is 0 Å². The molecule has 0 saturated heterocycles. The van der Waals surface area contributed by atoms with Crippen molar-refractivity contribution in [2.75, 3.05) is 0 Å². The van der Waals surface area contributed by atoms with E-state index >= 15 is 0 Å². The molecule has 0 amide bonds. The second kappa shape index (κ2) is 6.33. The van der Waals surface area contributed by atoms with Gasteiger partial charge < -0.3 is 8.97 Å². The molecule has 0 radical (unpaired) electrons. The highest BCUT2D eigenvalue weighted by molar-refractivity contribution is 6.31. The number of nitrogens with zero attached hydrogens (tertiary/aromatic N) is 4. The van der Waals surface area contributed by atoms with Gasteiger partial charge in [-0.05, 0) is 36.8 Å². The van der Waals surface area contributed by atoms with Crippen LogP contribution in [0.4, 0.5) is 4.39 Å². The molecule has 0 aliphatic carbocycles. The average Bonchev–Trinajstić information content (AvgIpc) is 3.23. The van der Waals surface area contributed by atoms with Crippen LogP contribution in [0.2, 0.25) is 5.02 Å². The summed E-state index contributed by atoms with van der Waals surface area (Å²) in [5.41, 5.74) is 4.47. The van der Waals surface area contributed by atoms with E-state index in [0.29, 0.717) is 0 Å². The van der Waals surface area contributed by atoms with Crippen LogP contribution in [-0.2, 0) is 6.54 Å². The van der Waals surface area contributed by atoms with E-state index in [0.717, 1.165) is 41.1 Å². The molecule has 4 aromatic rings. The first kappa shape index (κ1) is 15.8. The summed E-state index contributed by atoms with van der Waals surface area (Å²) in [5, 5.41) is 0.0959. The van der Waals surface area contributed by atoms with Gasteiger partial charge in [0, 0.05) is 36.3 Å². The molecule has 0 aliphatic heterocycles. The van der Waals surface area contributed by atoms with Gasteiger partial charge in [0.2, 0.25) is 0 Å². The lowest BCUT2D eigenvalue weighted by Gasteiger charge is -2.11. The number of imidazole rings is 2. The third-order valence-electron chi connectivity index (χ3n) is 4.16. The summed E-state index contributed by atoms with van der Waals surface area (Å²) < 4.78 is 17.6. The highest BCUT2D eigenvalue weighted by Gasteiger charge is 2.16. The SMILES string of the molecule is CCCn1cnc(-c2ccc(F)c(Cl)c2)c1-c1ccc2nccn2c1. The highest BCUT2D eigenvalue weighted by atomic mass is 35.5. The summed E-state index contributed by atoms with van der Waals surface area (Å²) in [6.07, 6.45) is 8.51. The molecular formula is C19H16ClFN4. The highest BCUT2D eigenvalue weighted by Crippen LogP contribution is 2.33. The molecule has 0 fully saturated rings. The van der Waals surface area contributed by atoms with Crippen molar-refractivity contribution in [3.63, 3.8) is 0 Å². The zero-order valence-corrected chi connectivity index (χ0v) is 14.4. The molecule has 0 atom stereocenters. The van der Waals surface area contributed by atoms with Crippen LogP contribution in [-0.4, -0.2) is 18.9 Å². The fourth-order valence-corrected chi connectivity index (χ4v) is 3.19. The van der Waals surface area contributed by atoms with E-state index in [2.05, 4.69) is 21.5 Å². The van der Waals surface area contributed by atoms with Gasteiger partial charge in [-0.25, -0.2) is 14.4 Å². The van der Waals surface area contributed by atoms with Gasteiger partial charge in [-0.1, -0.05) is 18.5 Å². The molecule has 0 saturated carbocycles. The van der Waals surface area contributed by atoms with Crippen molar-refractivity contribution in [2.45, 2.75) is 19.9 Å². The van der Waals surface area contributed by atoms with E-state index in [1.165, 1.54) is 6.07 Å². The smallest absolute Gasteiger partial charge is 0.141 e. The number of halogens is 2. The van der Waals surface area contributed by atoms with Crippen LogP contribution in [0, 0.1) is 5.82 Å². The fraction of sp³-hybridized carbons (Fsp3) is 0.158. The number of aryl methyl sites for hydroxylation is 1. The standard InChI is InChI=1S/C19H16ClFN4/c1-2-8-25-12-23-18(13-3-5-16(21)15(20)10-13)19(25)14-4-6-17-22-7-9-24(17)11-14/h3-7,9-12H,2,8H2,1H3. The van der Waals surface area contributed by atoms with Gasteiger partial charge in [0.25, 0.3) is 0 Å². The third kappa shape index (κ3) is 2.81. The maximum absolute atomic E-state index is 13.5. The van der Waals surface area contributed by atoms with Crippen LogP contribution in [0.5, 0.6) is 0 Å². The molecule has 0 bridgehead atoms. The Kier molecular flexibility index (Phi) is 4.01. The Morgan fingerprint density at radius 3 is 2.76 bits per heavy atom. The number of benzene rings is 1. The number of aromatic nitrogens is 4. The van der Waals surface area contributed by atoms with E-state index in [9.17, 15) is 4.39 Å². The minimum absolute atomic E-state index is 0.0959. The van der Waals surface area contributed by atoms with Crippen LogP contribution < -0.4 is 0 Å². The Hall–Kier alpha value is -2.66. The Bertz CT molecular complexity index is 1050.